The fourth-order valence-electron chi connectivity index (χ4n) is 4.22. The lowest BCUT2D eigenvalue weighted by molar-refractivity contribution is -0.121. The van der Waals surface area contributed by atoms with Crippen LogP contribution < -0.4 is 15.4 Å². The van der Waals surface area contributed by atoms with Crippen LogP contribution in [-0.4, -0.2) is 36.0 Å². The van der Waals surface area contributed by atoms with E-state index in [4.69, 9.17) is 4.74 Å². The van der Waals surface area contributed by atoms with Gasteiger partial charge in [0.2, 0.25) is 5.91 Å². The fourth-order valence-corrected chi connectivity index (χ4v) is 4.22. The second kappa shape index (κ2) is 12.9. The van der Waals surface area contributed by atoms with Crippen LogP contribution in [0.2, 0.25) is 0 Å². The molecule has 0 aromatic heterocycles. The lowest BCUT2D eigenvalue weighted by Crippen LogP contribution is -2.44. The Morgan fingerprint density at radius 2 is 1.60 bits per heavy atom. The highest BCUT2D eigenvalue weighted by atomic mass is 35.5. The van der Waals surface area contributed by atoms with Crippen molar-refractivity contribution < 1.29 is 14.3 Å². The van der Waals surface area contributed by atoms with Crippen LogP contribution in [0.15, 0.2) is 78.9 Å². The van der Waals surface area contributed by atoms with Crippen molar-refractivity contribution in [2.45, 2.75) is 38.8 Å². The molecule has 1 aliphatic heterocycles. The molecule has 3 aromatic carbocycles. The van der Waals surface area contributed by atoms with Gasteiger partial charge in [-0.1, -0.05) is 60.7 Å². The lowest BCUT2D eigenvalue weighted by atomic mass is 10.0. The number of nitrogens with zero attached hydrogens (tertiary/aromatic N) is 1. The zero-order valence-corrected chi connectivity index (χ0v) is 20.7. The zero-order chi connectivity index (χ0) is 23.8. The number of hydrogen-bond acceptors (Lipinski definition) is 4. The summed E-state index contributed by atoms with van der Waals surface area (Å²) < 4.78 is 5.42. The van der Waals surface area contributed by atoms with E-state index in [1.165, 1.54) is 5.56 Å². The SMILES string of the molecule is Cc1ccccc1NC(=O)Oc1cccc(CC(=O)NC2CCN(Cc3ccccc3)CC2)c1.Cl. The van der Waals surface area contributed by atoms with Gasteiger partial charge in [0.1, 0.15) is 5.75 Å². The molecule has 1 saturated heterocycles. The van der Waals surface area contributed by atoms with Crippen LogP contribution in [0.4, 0.5) is 10.5 Å². The Hall–Kier alpha value is -3.35. The van der Waals surface area contributed by atoms with Crippen LogP contribution in [0.25, 0.3) is 0 Å². The van der Waals surface area contributed by atoms with Gasteiger partial charge in [-0.25, -0.2) is 4.79 Å². The van der Waals surface area contributed by atoms with Gasteiger partial charge < -0.3 is 10.1 Å². The Labute approximate surface area is 213 Å². The summed E-state index contributed by atoms with van der Waals surface area (Å²) >= 11 is 0. The van der Waals surface area contributed by atoms with Gasteiger partial charge in [0.25, 0.3) is 0 Å². The van der Waals surface area contributed by atoms with Gasteiger partial charge in [0.05, 0.1) is 6.42 Å². The molecule has 1 aliphatic rings. The summed E-state index contributed by atoms with van der Waals surface area (Å²) in [6.45, 7) is 4.81. The van der Waals surface area contributed by atoms with Crippen LogP contribution in [0, 0.1) is 6.92 Å². The first kappa shape index (κ1) is 26.3. The maximum absolute atomic E-state index is 12.6. The van der Waals surface area contributed by atoms with E-state index in [1.807, 2.05) is 43.3 Å². The minimum absolute atomic E-state index is 0. The Bertz CT molecular complexity index is 1120. The van der Waals surface area contributed by atoms with Crippen molar-refractivity contribution in [3.05, 3.63) is 95.6 Å². The van der Waals surface area contributed by atoms with Crippen molar-refractivity contribution in [2.75, 3.05) is 18.4 Å². The summed E-state index contributed by atoms with van der Waals surface area (Å²) in [5, 5.41) is 5.91. The molecule has 1 heterocycles. The average Bonchev–Trinajstić information content (AvgIpc) is 2.83. The molecule has 2 amide bonds. The average molecular weight is 494 g/mol. The normalized spacial score (nSPS) is 14.0. The Kier molecular flexibility index (Phi) is 9.70. The van der Waals surface area contributed by atoms with Crippen LogP contribution in [0.3, 0.4) is 0 Å². The van der Waals surface area contributed by atoms with Crippen molar-refractivity contribution in [1.82, 2.24) is 10.2 Å². The van der Waals surface area contributed by atoms with Crippen LogP contribution >= 0.6 is 12.4 Å². The van der Waals surface area contributed by atoms with E-state index in [9.17, 15) is 9.59 Å². The molecule has 184 valence electrons. The quantitative estimate of drug-likeness (QED) is 0.465. The maximum Gasteiger partial charge on any atom is 0.417 e. The Morgan fingerprint density at radius 3 is 2.34 bits per heavy atom. The molecule has 0 saturated carbocycles. The Balaban J connectivity index is 0.00000342. The molecule has 0 atom stereocenters. The second-order valence-electron chi connectivity index (χ2n) is 8.76. The largest absolute Gasteiger partial charge is 0.417 e. The van der Waals surface area contributed by atoms with Crippen molar-refractivity contribution in [3.63, 3.8) is 0 Å². The van der Waals surface area contributed by atoms with Gasteiger partial charge in [0, 0.05) is 31.4 Å². The van der Waals surface area contributed by atoms with Crippen molar-refractivity contribution in [2.24, 2.45) is 0 Å². The van der Waals surface area contributed by atoms with E-state index in [0.29, 0.717) is 11.4 Å². The molecule has 0 spiro atoms. The molecule has 3 aromatic rings. The summed E-state index contributed by atoms with van der Waals surface area (Å²) in [6.07, 6.45) is 1.58. The summed E-state index contributed by atoms with van der Waals surface area (Å²) in [5.74, 6) is 0.397. The van der Waals surface area contributed by atoms with E-state index in [2.05, 4.69) is 39.8 Å². The first-order valence-electron chi connectivity index (χ1n) is 11.7. The first-order valence-corrected chi connectivity index (χ1v) is 11.7. The number of likely N-dealkylation sites (tertiary alicyclic amines) is 1. The minimum Gasteiger partial charge on any atom is -0.410 e. The third kappa shape index (κ3) is 8.12. The van der Waals surface area contributed by atoms with Crippen molar-refractivity contribution in [1.29, 1.82) is 0 Å². The number of hydrogen-bond donors (Lipinski definition) is 2. The molecular formula is C28H32ClN3O3. The number of rotatable bonds is 7. The van der Waals surface area contributed by atoms with Gasteiger partial charge in [-0.3, -0.25) is 15.0 Å². The molecule has 0 unspecified atom stereocenters. The van der Waals surface area contributed by atoms with Gasteiger partial charge in [-0.15, -0.1) is 12.4 Å². The number of para-hydroxylation sites is 1. The number of aryl methyl sites for hydroxylation is 1. The molecule has 0 aliphatic carbocycles. The number of anilines is 1. The summed E-state index contributed by atoms with van der Waals surface area (Å²) in [4.78, 5) is 27.3. The number of ether oxygens (including phenoxy) is 1. The summed E-state index contributed by atoms with van der Waals surface area (Å²) in [7, 11) is 0. The van der Waals surface area contributed by atoms with Gasteiger partial charge in [-0.2, -0.15) is 0 Å². The standard InChI is InChI=1S/C28H31N3O3.ClH/c1-21-8-5-6-13-26(21)30-28(33)34-25-12-7-11-23(18-25)19-27(32)29-24-14-16-31(17-15-24)20-22-9-3-2-4-10-22;/h2-13,18,24H,14-17,19-20H2,1H3,(H,29,32)(H,30,33);1H. The number of carbonyl (C=O) groups excluding carboxylic acids is 2. The number of carbonyl (C=O) groups is 2. The van der Waals surface area contributed by atoms with Crippen molar-refractivity contribution in [3.8, 4) is 5.75 Å². The molecule has 6 nitrogen and oxygen atoms in total. The van der Waals surface area contributed by atoms with Gasteiger partial charge in [0.15, 0.2) is 0 Å². The van der Waals surface area contributed by atoms with E-state index in [1.54, 1.807) is 18.2 Å². The lowest BCUT2D eigenvalue weighted by Gasteiger charge is -2.32. The number of piperidine rings is 1. The highest BCUT2D eigenvalue weighted by Crippen LogP contribution is 2.18. The predicted molar refractivity (Wildman–Crippen MR) is 141 cm³/mol. The van der Waals surface area contributed by atoms with Gasteiger partial charge >= 0.3 is 6.09 Å². The molecule has 35 heavy (non-hydrogen) atoms. The summed E-state index contributed by atoms with van der Waals surface area (Å²) in [5.41, 5.74) is 3.79. The van der Waals surface area contributed by atoms with E-state index in [-0.39, 0.29) is 30.8 Å². The number of halogens is 1. The number of amides is 2. The zero-order valence-electron chi connectivity index (χ0n) is 19.9. The van der Waals surface area contributed by atoms with Crippen LogP contribution in [-0.2, 0) is 17.8 Å². The highest BCUT2D eigenvalue weighted by Gasteiger charge is 2.21. The number of nitrogens with one attached hydrogen (secondary N) is 2. The second-order valence-corrected chi connectivity index (χ2v) is 8.76. The van der Waals surface area contributed by atoms with E-state index in [0.717, 1.165) is 43.6 Å². The third-order valence-electron chi connectivity index (χ3n) is 6.06. The highest BCUT2D eigenvalue weighted by molar-refractivity contribution is 5.87. The van der Waals surface area contributed by atoms with Crippen molar-refractivity contribution >= 4 is 30.1 Å². The maximum atomic E-state index is 12.6. The molecule has 0 bridgehead atoms. The molecule has 0 radical (unpaired) electrons. The summed E-state index contributed by atoms with van der Waals surface area (Å²) in [6, 6.07) is 25.3. The first-order chi connectivity index (χ1) is 16.5. The molecule has 2 N–H and O–H groups in total. The molecule has 7 heteroatoms. The van der Waals surface area contributed by atoms with Crippen LogP contribution in [0.1, 0.15) is 29.5 Å². The van der Waals surface area contributed by atoms with E-state index >= 15 is 0 Å². The van der Waals surface area contributed by atoms with E-state index < -0.39 is 6.09 Å². The fraction of sp³-hybridized carbons (Fsp3) is 0.286. The predicted octanol–water partition coefficient (Wildman–Crippen LogP) is 5.35. The Morgan fingerprint density at radius 1 is 0.914 bits per heavy atom. The molecule has 4 rings (SSSR count). The number of benzene rings is 3. The molecular weight excluding hydrogens is 462 g/mol. The molecule has 1 fully saturated rings. The monoisotopic (exact) mass is 493 g/mol. The van der Waals surface area contributed by atoms with Gasteiger partial charge in [-0.05, 0) is 54.7 Å². The topological polar surface area (TPSA) is 70.7 Å². The van der Waals surface area contributed by atoms with Crippen LogP contribution in [0.5, 0.6) is 5.75 Å². The smallest absolute Gasteiger partial charge is 0.410 e. The third-order valence-corrected chi connectivity index (χ3v) is 6.06. The minimum atomic E-state index is -0.557.